The number of benzene rings is 2. The highest BCUT2D eigenvalue weighted by molar-refractivity contribution is 6.35. The average molecular weight is 479 g/mol. The van der Waals surface area contributed by atoms with Crippen LogP contribution in [0.4, 0.5) is 0 Å². The summed E-state index contributed by atoms with van der Waals surface area (Å²) in [6.07, 6.45) is 0.731. The lowest BCUT2D eigenvalue weighted by atomic mass is 9.97. The number of ether oxygens (including phenoxy) is 2. The van der Waals surface area contributed by atoms with Gasteiger partial charge in [-0.2, -0.15) is 0 Å². The highest BCUT2D eigenvalue weighted by Gasteiger charge is 2.30. The molecule has 0 bridgehead atoms. The number of fused-ring (bicyclic) bond motifs is 1. The van der Waals surface area contributed by atoms with Crippen LogP contribution in [0.25, 0.3) is 0 Å². The van der Waals surface area contributed by atoms with Crippen LogP contribution in [0.2, 0.25) is 5.02 Å². The molecule has 178 valence electrons. The van der Waals surface area contributed by atoms with Gasteiger partial charge in [-0.3, -0.25) is 4.79 Å². The quantitative estimate of drug-likeness (QED) is 0.416. The molecule has 0 atom stereocenters. The van der Waals surface area contributed by atoms with Gasteiger partial charge >= 0.3 is 0 Å². The zero-order valence-electron chi connectivity index (χ0n) is 20.4. The highest BCUT2D eigenvalue weighted by atomic mass is 35.5. The lowest BCUT2D eigenvalue weighted by Gasteiger charge is -2.31. The number of carbonyl (C=O) groups is 1. The van der Waals surface area contributed by atoms with E-state index in [-0.39, 0.29) is 5.91 Å². The Morgan fingerprint density at radius 3 is 2.53 bits per heavy atom. The summed E-state index contributed by atoms with van der Waals surface area (Å²) in [5, 5.41) is 0.376. The zero-order valence-corrected chi connectivity index (χ0v) is 21.2. The SMILES string of the molecule is Cc1cc(C)c(CN2CCc3ccc(OC(C)(C)C)c(Cl)c3C2=O)c(OCc2ccccc2)n1. The number of hydrogen-bond acceptors (Lipinski definition) is 4. The summed E-state index contributed by atoms with van der Waals surface area (Å²) in [5.41, 5.74) is 4.97. The third-order valence-electron chi connectivity index (χ3n) is 5.77. The van der Waals surface area contributed by atoms with E-state index >= 15 is 0 Å². The molecule has 0 unspecified atom stereocenters. The lowest BCUT2D eigenvalue weighted by molar-refractivity contribution is 0.0722. The molecule has 3 aromatic rings. The Balaban J connectivity index is 1.60. The molecule has 34 heavy (non-hydrogen) atoms. The maximum Gasteiger partial charge on any atom is 0.256 e. The maximum atomic E-state index is 13.6. The minimum atomic E-state index is -0.412. The van der Waals surface area contributed by atoms with E-state index < -0.39 is 5.60 Å². The maximum absolute atomic E-state index is 13.6. The Kier molecular flexibility index (Phi) is 6.85. The standard InChI is InChI=1S/C28H31ClN2O3/c1-18-15-19(2)30-26(33-17-20-9-7-6-8-10-20)22(18)16-31-14-13-21-11-12-23(34-28(3,4)5)25(29)24(21)27(31)32/h6-12,15H,13-14,16-17H2,1-5H3. The van der Waals surface area contributed by atoms with E-state index in [0.717, 1.165) is 34.4 Å². The molecule has 2 heterocycles. The van der Waals surface area contributed by atoms with Crippen molar-refractivity contribution in [2.75, 3.05) is 6.54 Å². The van der Waals surface area contributed by atoms with Crippen molar-refractivity contribution in [2.45, 2.75) is 59.8 Å². The van der Waals surface area contributed by atoms with Gasteiger partial charge in [-0.15, -0.1) is 0 Å². The topological polar surface area (TPSA) is 51.7 Å². The van der Waals surface area contributed by atoms with Crippen molar-refractivity contribution in [3.8, 4) is 11.6 Å². The first-order valence-electron chi connectivity index (χ1n) is 11.6. The van der Waals surface area contributed by atoms with Crippen molar-refractivity contribution >= 4 is 17.5 Å². The summed E-state index contributed by atoms with van der Waals surface area (Å²) >= 11 is 6.69. The van der Waals surface area contributed by atoms with Gasteiger partial charge in [0.05, 0.1) is 17.1 Å². The minimum absolute atomic E-state index is 0.0976. The minimum Gasteiger partial charge on any atom is -0.487 e. The predicted octanol–water partition coefficient (Wildman–Crippen LogP) is 6.31. The number of aromatic nitrogens is 1. The van der Waals surface area contributed by atoms with Crippen molar-refractivity contribution in [1.29, 1.82) is 0 Å². The monoisotopic (exact) mass is 478 g/mol. The number of rotatable bonds is 6. The Hall–Kier alpha value is -3.05. The van der Waals surface area contributed by atoms with E-state index in [9.17, 15) is 4.79 Å². The fraction of sp³-hybridized carbons (Fsp3) is 0.357. The number of pyridine rings is 1. The Morgan fingerprint density at radius 1 is 1.09 bits per heavy atom. The Morgan fingerprint density at radius 2 is 1.82 bits per heavy atom. The van der Waals surface area contributed by atoms with Crippen molar-refractivity contribution in [3.63, 3.8) is 0 Å². The van der Waals surface area contributed by atoms with Gasteiger partial charge in [0.1, 0.15) is 18.0 Å². The molecule has 0 fully saturated rings. The lowest BCUT2D eigenvalue weighted by Crippen LogP contribution is -2.38. The number of aryl methyl sites for hydroxylation is 2. The molecule has 2 aromatic carbocycles. The number of nitrogens with zero attached hydrogens (tertiary/aromatic N) is 2. The second kappa shape index (κ2) is 9.67. The first-order chi connectivity index (χ1) is 16.1. The third kappa shape index (κ3) is 5.36. The molecule has 0 saturated carbocycles. The van der Waals surface area contributed by atoms with Crippen LogP contribution in [0.15, 0.2) is 48.5 Å². The van der Waals surface area contributed by atoms with Crippen LogP contribution in [0.5, 0.6) is 11.6 Å². The zero-order chi connectivity index (χ0) is 24.5. The molecule has 0 aliphatic carbocycles. The molecule has 1 aromatic heterocycles. The number of amides is 1. The highest BCUT2D eigenvalue weighted by Crippen LogP contribution is 2.37. The van der Waals surface area contributed by atoms with Gasteiger partial charge in [-0.1, -0.05) is 48.0 Å². The summed E-state index contributed by atoms with van der Waals surface area (Å²) < 4.78 is 12.1. The van der Waals surface area contributed by atoms with Gasteiger partial charge in [0.15, 0.2) is 0 Å². The van der Waals surface area contributed by atoms with Crippen LogP contribution in [0.1, 0.15) is 59.1 Å². The second-order valence-corrected chi connectivity index (χ2v) is 10.1. The van der Waals surface area contributed by atoms with Gasteiger partial charge in [-0.25, -0.2) is 4.98 Å². The summed E-state index contributed by atoms with van der Waals surface area (Å²) in [6, 6.07) is 15.8. The summed E-state index contributed by atoms with van der Waals surface area (Å²) in [6.45, 7) is 11.3. The van der Waals surface area contributed by atoms with E-state index in [0.29, 0.717) is 41.9 Å². The fourth-order valence-corrected chi connectivity index (χ4v) is 4.47. The fourth-order valence-electron chi connectivity index (χ4n) is 4.17. The van der Waals surface area contributed by atoms with Gasteiger partial charge in [0.25, 0.3) is 5.91 Å². The number of halogens is 1. The molecular weight excluding hydrogens is 448 g/mol. The summed E-state index contributed by atoms with van der Waals surface area (Å²) in [7, 11) is 0. The van der Waals surface area contributed by atoms with Crippen LogP contribution >= 0.6 is 11.6 Å². The largest absolute Gasteiger partial charge is 0.487 e. The summed E-state index contributed by atoms with van der Waals surface area (Å²) in [5.74, 6) is 0.999. The number of carbonyl (C=O) groups excluding carboxylic acids is 1. The normalized spacial score (nSPS) is 13.6. The first-order valence-corrected chi connectivity index (χ1v) is 11.9. The molecule has 0 spiro atoms. The smallest absolute Gasteiger partial charge is 0.256 e. The van der Waals surface area contributed by atoms with E-state index in [1.54, 1.807) is 0 Å². The van der Waals surface area contributed by atoms with Crippen molar-refractivity contribution in [1.82, 2.24) is 9.88 Å². The van der Waals surface area contributed by atoms with Gasteiger partial charge in [0.2, 0.25) is 5.88 Å². The molecule has 6 heteroatoms. The average Bonchev–Trinajstić information content (AvgIpc) is 2.77. The van der Waals surface area contributed by atoms with Gasteiger partial charge < -0.3 is 14.4 Å². The molecule has 1 aliphatic rings. The van der Waals surface area contributed by atoms with Crippen LogP contribution in [0.3, 0.4) is 0 Å². The molecular formula is C28H31ClN2O3. The molecule has 0 N–H and O–H groups in total. The Bertz CT molecular complexity index is 1200. The van der Waals surface area contributed by atoms with E-state index in [1.807, 2.05) is 88.0 Å². The molecule has 1 amide bonds. The van der Waals surface area contributed by atoms with E-state index in [1.165, 1.54) is 0 Å². The molecule has 5 nitrogen and oxygen atoms in total. The first kappa shape index (κ1) is 24.1. The van der Waals surface area contributed by atoms with Gasteiger partial charge in [-0.05, 0) is 69.9 Å². The molecule has 0 radical (unpaired) electrons. The van der Waals surface area contributed by atoms with Crippen LogP contribution in [-0.2, 0) is 19.6 Å². The third-order valence-corrected chi connectivity index (χ3v) is 6.14. The van der Waals surface area contributed by atoms with E-state index in [4.69, 9.17) is 21.1 Å². The summed E-state index contributed by atoms with van der Waals surface area (Å²) in [4.78, 5) is 20.0. The molecule has 1 aliphatic heterocycles. The number of hydrogen-bond donors (Lipinski definition) is 0. The second-order valence-electron chi connectivity index (χ2n) is 9.74. The van der Waals surface area contributed by atoms with Crippen LogP contribution < -0.4 is 9.47 Å². The van der Waals surface area contributed by atoms with Crippen molar-refractivity contribution in [2.24, 2.45) is 0 Å². The Labute approximate surface area is 206 Å². The van der Waals surface area contributed by atoms with Crippen LogP contribution in [-0.4, -0.2) is 27.9 Å². The molecule has 0 saturated heterocycles. The van der Waals surface area contributed by atoms with E-state index in [2.05, 4.69) is 4.98 Å². The van der Waals surface area contributed by atoms with Gasteiger partial charge in [0, 0.05) is 17.8 Å². The predicted molar refractivity (Wildman–Crippen MR) is 135 cm³/mol. The van der Waals surface area contributed by atoms with Crippen LogP contribution in [0, 0.1) is 13.8 Å². The van der Waals surface area contributed by atoms with Crippen molar-refractivity contribution in [3.05, 3.63) is 87.1 Å². The van der Waals surface area contributed by atoms with Crippen molar-refractivity contribution < 1.29 is 14.3 Å². The molecule has 4 rings (SSSR count).